The van der Waals surface area contributed by atoms with Crippen LogP contribution < -0.4 is 15.0 Å². The third-order valence-electron chi connectivity index (χ3n) is 7.77. The number of fused-ring (bicyclic) bond motifs is 1. The molecule has 5 rings (SSSR count). The van der Waals surface area contributed by atoms with Crippen LogP contribution >= 0.6 is 11.6 Å². The summed E-state index contributed by atoms with van der Waals surface area (Å²) in [7, 11) is 1.38. The summed E-state index contributed by atoms with van der Waals surface area (Å²) in [5.74, 6) is -3.71. The van der Waals surface area contributed by atoms with Crippen LogP contribution in [0.15, 0.2) is 67.0 Å². The van der Waals surface area contributed by atoms with Crippen LogP contribution in [0.4, 0.5) is 18.9 Å². The summed E-state index contributed by atoms with van der Waals surface area (Å²) in [4.78, 5) is 31.6. The topological polar surface area (TPSA) is 91.8 Å². The Morgan fingerprint density at radius 2 is 1.98 bits per heavy atom. The fourth-order valence-corrected chi connectivity index (χ4v) is 6.05. The highest BCUT2D eigenvalue weighted by Gasteiger charge is 2.53. The summed E-state index contributed by atoms with van der Waals surface area (Å²) in [6, 6.07) is 12.4. The van der Waals surface area contributed by atoms with Gasteiger partial charge in [0.05, 0.1) is 18.4 Å². The third kappa shape index (κ3) is 4.90. The Hall–Kier alpha value is -3.63. The van der Waals surface area contributed by atoms with Crippen LogP contribution in [0.1, 0.15) is 34.3 Å². The number of carbonyl (C=O) groups excluding carboxylic acids is 2. The molecule has 1 aromatic heterocycles. The maximum absolute atomic E-state index is 15.0. The Kier molecular flexibility index (Phi) is 7.74. The van der Waals surface area contributed by atoms with Gasteiger partial charge in [0, 0.05) is 47.4 Å². The van der Waals surface area contributed by atoms with Crippen molar-refractivity contribution in [3.8, 4) is 5.75 Å². The first-order valence-electron chi connectivity index (χ1n) is 12.8. The quantitative estimate of drug-likeness (QED) is 0.406. The number of hydrogen-bond donors (Lipinski definition) is 2. The lowest BCUT2D eigenvalue weighted by Gasteiger charge is -2.40. The van der Waals surface area contributed by atoms with Crippen LogP contribution in [-0.2, 0) is 10.4 Å². The molecule has 1 fully saturated rings. The third-order valence-corrected chi connectivity index (χ3v) is 8.30. The molecule has 2 aromatic carbocycles. The normalized spacial score (nSPS) is 26.1. The van der Waals surface area contributed by atoms with Crippen molar-refractivity contribution in [2.75, 3.05) is 18.6 Å². The van der Waals surface area contributed by atoms with Crippen LogP contribution in [0.5, 0.6) is 5.75 Å². The molecule has 2 amide bonds. The second-order valence-corrected chi connectivity index (χ2v) is 10.6. The van der Waals surface area contributed by atoms with E-state index >= 15 is 0 Å². The van der Waals surface area contributed by atoms with E-state index in [1.54, 1.807) is 24.3 Å². The molecule has 2 aliphatic rings. The molecule has 40 heavy (non-hydrogen) atoms. The Labute approximate surface area is 233 Å². The van der Waals surface area contributed by atoms with Gasteiger partial charge in [-0.05, 0) is 55.2 Å². The number of pyridine rings is 1. The fraction of sp³-hybridized carbons (Fsp3) is 0.345. The van der Waals surface area contributed by atoms with Gasteiger partial charge in [-0.2, -0.15) is 0 Å². The number of halogens is 4. The standard InChI is InChI=1S/C29H27ClF3N3O4/c1-40-18-8-9-23(31)21(12-18)29(39)20-6-2-3-7-25(20)36(28(29)38)15-17-11-19(26(32)33)24(13-22(17)30)35-27(37)16-5-4-10-34-14-16/h2-10,12,14,17,19,22,24,26,39H,11,13,15H2,1H3,(H,35,37)/t17-,19-,22-,24-,29-/m1/s1. The highest BCUT2D eigenvalue weighted by atomic mass is 35.5. The predicted molar refractivity (Wildman–Crippen MR) is 142 cm³/mol. The molecular weight excluding hydrogens is 547 g/mol. The molecule has 7 nitrogen and oxygen atoms in total. The lowest BCUT2D eigenvalue weighted by atomic mass is 9.77. The van der Waals surface area contributed by atoms with Crippen LogP contribution in [0.25, 0.3) is 0 Å². The number of anilines is 1. The first-order chi connectivity index (χ1) is 19.1. The molecule has 2 heterocycles. The van der Waals surface area contributed by atoms with Crippen molar-refractivity contribution in [3.63, 3.8) is 0 Å². The molecule has 210 valence electrons. The molecule has 0 spiro atoms. The van der Waals surface area contributed by atoms with Gasteiger partial charge in [0.2, 0.25) is 6.43 Å². The SMILES string of the molecule is COc1ccc(F)c([C@@]2(O)C(=O)N(C[C@H]3C[C@@H](C(F)F)[C@H](NC(=O)c4cccnc4)C[C@H]3Cl)c3ccccc32)c1. The van der Waals surface area contributed by atoms with Gasteiger partial charge in [-0.1, -0.05) is 18.2 Å². The highest BCUT2D eigenvalue weighted by molar-refractivity contribution is 6.21. The van der Waals surface area contributed by atoms with Crippen molar-refractivity contribution < 1.29 is 32.6 Å². The zero-order chi connectivity index (χ0) is 28.6. The minimum Gasteiger partial charge on any atom is -0.497 e. The second-order valence-electron chi connectivity index (χ2n) is 10.1. The number of rotatable bonds is 7. The van der Waals surface area contributed by atoms with E-state index in [1.165, 1.54) is 48.7 Å². The van der Waals surface area contributed by atoms with Gasteiger partial charge in [-0.15, -0.1) is 11.6 Å². The van der Waals surface area contributed by atoms with Gasteiger partial charge < -0.3 is 20.1 Å². The Morgan fingerprint density at radius 1 is 1.20 bits per heavy atom. The number of ether oxygens (including phenoxy) is 1. The number of aliphatic hydroxyl groups is 1. The highest BCUT2D eigenvalue weighted by Crippen LogP contribution is 2.47. The smallest absolute Gasteiger partial charge is 0.268 e. The van der Waals surface area contributed by atoms with E-state index in [0.717, 1.165) is 6.07 Å². The van der Waals surface area contributed by atoms with E-state index in [4.69, 9.17) is 16.3 Å². The summed E-state index contributed by atoms with van der Waals surface area (Å²) in [6.07, 6.45) is 0.0580. The van der Waals surface area contributed by atoms with Crippen molar-refractivity contribution in [2.24, 2.45) is 11.8 Å². The predicted octanol–water partition coefficient (Wildman–Crippen LogP) is 4.51. The maximum Gasteiger partial charge on any atom is 0.268 e. The summed E-state index contributed by atoms with van der Waals surface area (Å²) in [5.41, 5.74) is -1.88. The second kappa shape index (κ2) is 11.1. The molecule has 1 aliphatic carbocycles. The molecule has 1 aliphatic heterocycles. The number of para-hydroxylation sites is 1. The van der Waals surface area contributed by atoms with E-state index in [9.17, 15) is 27.9 Å². The summed E-state index contributed by atoms with van der Waals surface area (Å²) in [6.45, 7) is -0.0790. The number of benzene rings is 2. The van der Waals surface area contributed by atoms with Crippen molar-refractivity contribution >= 4 is 29.1 Å². The Bertz CT molecular complexity index is 1410. The average Bonchev–Trinajstić information content (AvgIpc) is 3.17. The zero-order valence-corrected chi connectivity index (χ0v) is 22.2. The van der Waals surface area contributed by atoms with E-state index in [2.05, 4.69) is 10.3 Å². The molecule has 5 atom stereocenters. The van der Waals surface area contributed by atoms with Gasteiger partial charge in [0.1, 0.15) is 11.6 Å². The molecule has 11 heteroatoms. The zero-order valence-electron chi connectivity index (χ0n) is 21.4. The minimum atomic E-state index is -2.75. The van der Waals surface area contributed by atoms with Crippen molar-refractivity contribution in [2.45, 2.75) is 36.3 Å². The number of alkyl halides is 3. The van der Waals surface area contributed by atoms with E-state index in [-0.39, 0.29) is 41.8 Å². The molecule has 2 N–H and O–H groups in total. The Morgan fingerprint density at radius 3 is 2.67 bits per heavy atom. The first-order valence-corrected chi connectivity index (χ1v) is 13.2. The number of nitrogens with one attached hydrogen (secondary N) is 1. The lowest BCUT2D eigenvalue weighted by molar-refractivity contribution is -0.132. The molecule has 0 unspecified atom stereocenters. The van der Waals surface area contributed by atoms with Crippen LogP contribution in [0.3, 0.4) is 0 Å². The number of methoxy groups -OCH3 is 1. The summed E-state index contributed by atoms with van der Waals surface area (Å²) in [5, 5.41) is 13.7. The molecule has 0 radical (unpaired) electrons. The van der Waals surface area contributed by atoms with Gasteiger partial charge in [0.15, 0.2) is 5.60 Å². The van der Waals surface area contributed by atoms with Gasteiger partial charge in [-0.25, -0.2) is 13.2 Å². The maximum atomic E-state index is 15.0. The number of amides is 2. The molecule has 0 bridgehead atoms. The number of nitrogens with zero attached hydrogens (tertiary/aromatic N) is 2. The van der Waals surface area contributed by atoms with Crippen LogP contribution in [0.2, 0.25) is 0 Å². The van der Waals surface area contributed by atoms with Gasteiger partial charge >= 0.3 is 0 Å². The Balaban J connectivity index is 1.41. The first kappa shape index (κ1) is 27.9. The molecule has 0 saturated heterocycles. The monoisotopic (exact) mass is 573 g/mol. The lowest BCUT2D eigenvalue weighted by Crippen LogP contribution is -2.52. The summed E-state index contributed by atoms with van der Waals surface area (Å²) < 4.78 is 48.6. The number of aromatic nitrogens is 1. The number of hydrogen-bond acceptors (Lipinski definition) is 5. The molecule has 3 aromatic rings. The molecular formula is C29H27ClF3N3O4. The number of carbonyl (C=O) groups is 2. The van der Waals surface area contributed by atoms with Crippen LogP contribution in [0, 0.1) is 17.7 Å². The van der Waals surface area contributed by atoms with E-state index < -0.39 is 52.9 Å². The van der Waals surface area contributed by atoms with Gasteiger partial charge in [0.25, 0.3) is 11.8 Å². The average molecular weight is 574 g/mol. The van der Waals surface area contributed by atoms with Crippen molar-refractivity contribution in [1.29, 1.82) is 0 Å². The summed E-state index contributed by atoms with van der Waals surface area (Å²) >= 11 is 6.70. The van der Waals surface area contributed by atoms with Gasteiger partial charge in [-0.3, -0.25) is 14.6 Å². The minimum absolute atomic E-state index is 0.0473. The van der Waals surface area contributed by atoms with Crippen molar-refractivity contribution in [1.82, 2.24) is 10.3 Å². The fourth-order valence-electron chi connectivity index (χ4n) is 5.67. The molecule has 1 saturated carbocycles. The largest absolute Gasteiger partial charge is 0.497 e. The van der Waals surface area contributed by atoms with E-state index in [0.29, 0.717) is 5.69 Å². The van der Waals surface area contributed by atoms with E-state index in [1.807, 2.05) is 0 Å². The van der Waals surface area contributed by atoms with Crippen LogP contribution in [-0.4, -0.2) is 53.4 Å². The van der Waals surface area contributed by atoms with Crippen molar-refractivity contribution in [3.05, 3.63) is 89.5 Å².